The van der Waals surface area contributed by atoms with Crippen LogP contribution in [-0.2, 0) is 9.59 Å². The van der Waals surface area contributed by atoms with E-state index in [4.69, 9.17) is 4.74 Å². The quantitative estimate of drug-likeness (QED) is 0.745. The highest BCUT2D eigenvalue weighted by molar-refractivity contribution is 5.98. The van der Waals surface area contributed by atoms with Gasteiger partial charge in [0.05, 0.1) is 12.5 Å². The molecule has 1 heterocycles. The van der Waals surface area contributed by atoms with E-state index in [2.05, 4.69) is 5.32 Å². The Labute approximate surface area is 166 Å². The van der Waals surface area contributed by atoms with Gasteiger partial charge in [0.15, 0.2) is 0 Å². The van der Waals surface area contributed by atoms with Crippen LogP contribution in [0.3, 0.4) is 0 Å². The second-order valence-corrected chi connectivity index (χ2v) is 8.05. The highest BCUT2D eigenvalue weighted by Gasteiger charge is 2.49. The van der Waals surface area contributed by atoms with E-state index < -0.39 is 17.4 Å². The third-order valence-electron chi connectivity index (χ3n) is 5.72. The number of carbonyl (C=O) groups excluding carboxylic acids is 2. The van der Waals surface area contributed by atoms with E-state index in [-0.39, 0.29) is 30.2 Å². The van der Waals surface area contributed by atoms with Crippen LogP contribution in [-0.4, -0.2) is 54.0 Å². The minimum atomic E-state index is -0.933. The lowest BCUT2D eigenvalue weighted by atomic mass is 9.76. The third kappa shape index (κ3) is 4.29. The standard InChI is InChI=1S/C21H30N2O5/c1-13(2)17(22-18(24)15-6-8-16(28-5)9-7-15)19(25)23-11-10-21(12-23,14(3)4)20(26)27/h6-9,13-14,17H,10-12H2,1-5H3,(H,22,24)(H,26,27). The molecule has 28 heavy (non-hydrogen) atoms. The van der Waals surface area contributed by atoms with E-state index in [1.807, 2.05) is 27.7 Å². The third-order valence-corrected chi connectivity index (χ3v) is 5.72. The Morgan fingerprint density at radius 1 is 1.14 bits per heavy atom. The highest BCUT2D eigenvalue weighted by Crippen LogP contribution is 2.38. The van der Waals surface area contributed by atoms with Gasteiger partial charge >= 0.3 is 5.97 Å². The van der Waals surface area contributed by atoms with Gasteiger partial charge in [0.2, 0.25) is 5.91 Å². The minimum Gasteiger partial charge on any atom is -0.497 e. The zero-order valence-electron chi connectivity index (χ0n) is 17.2. The number of benzene rings is 1. The smallest absolute Gasteiger partial charge is 0.311 e. The molecule has 2 rings (SSSR count). The molecule has 2 amide bonds. The van der Waals surface area contributed by atoms with E-state index >= 15 is 0 Å². The molecule has 1 aromatic carbocycles. The van der Waals surface area contributed by atoms with Crippen molar-refractivity contribution in [1.82, 2.24) is 10.2 Å². The lowest BCUT2D eigenvalue weighted by Crippen LogP contribution is -2.51. The number of nitrogens with zero attached hydrogens (tertiary/aromatic N) is 1. The van der Waals surface area contributed by atoms with Crippen LogP contribution in [0.15, 0.2) is 24.3 Å². The molecule has 1 aliphatic rings. The van der Waals surface area contributed by atoms with Gasteiger partial charge in [-0.25, -0.2) is 0 Å². The molecule has 1 aliphatic heterocycles. The molecule has 0 saturated carbocycles. The van der Waals surface area contributed by atoms with E-state index in [0.29, 0.717) is 24.3 Å². The average molecular weight is 390 g/mol. The van der Waals surface area contributed by atoms with Gasteiger partial charge in [-0.2, -0.15) is 0 Å². The van der Waals surface area contributed by atoms with Crippen molar-refractivity contribution in [3.05, 3.63) is 29.8 Å². The predicted molar refractivity (Wildman–Crippen MR) is 105 cm³/mol. The SMILES string of the molecule is COc1ccc(C(=O)NC(C(=O)N2CCC(C(=O)O)(C(C)C)C2)C(C)C)cc1. The van der Waals surface area contributed by atoms with Crippen molar-refractivity contribution < 1.29 is 24.2 Å². The fourth-order valence-corrected chi connectivity index (χ4v) is 3.59. The monoisotopic (exact) mass is 390 g/mol. The second-order valence-electron chi connectivity index (χ2n) is 8.05. The molecule has 2 atom stereocenters. The van der Waals surface area contributed by atoms with Crippen molar-refractivity contribution in [2.45, 2.75) is 40.2 Å². The number of hydrogen-bond acceptors (Lipinski definition) is 4. The molecule has 2 unspecified atom stereocenters. The van der Waals surface area contributed by atoms with E-state index in [0.717, 1.165) is 0 Å². The van der Waals surface area contributed by atoms with Gasteiger partial charge < -0.3 is 20.1 Å². The summed E-state index contributed by atoms with van der Waals surface area (Å²) < 4.78 is 5.09. The van der Waals surface area contributed by atoms with Crippen molar-refractivity contribution in [3.8, 4) is 5.75 Å². The zero-order chi connectivity index (χ0) is 21.1. The Balaban J connectivity index is 2.14. The van der Waals surface area contributed by atoms with Crippen molar-refractivity contribution in [3.63, 3.8) is 0 Å². The number of rotatable bonds is 7. The Kier molecular flexibility index (Phi) is 6.69. The lowest BCUT2D eigenvalue weighted by Gasteiger charge is -2.31. The number of ether oxygens (including phenoxy) is 1. The maximum absolute atomic E-state index is 13.1. The highest BCUT2D eigenvalue weighted by atomic mass is 16.5. The summed E-state index contributed by atoms with van der Waals surface area (Å²) in [4.78, 5) is 39.1. The lowest BCUT2D eigenvalue weighted by molar-refractivity contribution is -0.151. The summed E-state index contributed by atoms with van der Waals surface area (Å²) >= 11 is 0. The molecule has 0 aliphatic carbocycles. The van der Waals surface area contributed by atoms with Crippen LogP contribution in [0.5, 0.6) is 5.75 Å². The largest absolute Gasteiger partial charge is 0.497 e. The first-order valence-electron chi connectivity index (χ1n) is 9.59. The number of amides is 2. The summed E-state index contributed by atoms with van der Waals surface area (Å²) in [5.74, 6) is -1.03. The van der Waals surface area contributed by atoms with Gasteiger partial charge in [0, 0.05) is 18.7 Å². The topological polar surface area (TPSA) is 95.9 Å². The number of nitrogens with one attached hydrogen (secondary N) is 1. The molecule has 154 valence electrons. The first kappa shape index (κ1) is 21.7. The molecule has 0 bridgehead atoms. The summed E-state index contributed by atoms with van der Waals surface area (Å²) in [5, 5.41) is 12.5. The van der Waals surface area contributed by atoms with Gasteiger partial charge in [0.1, 0.15) is 11.8 Å². The summed E-state index contributed by atoms with van der Waals surface area (Å²) in [7, 11) is 1.55. The molecule has 0 radical (unpaired) electrons. The zero-order valence-corrected chi connectivity index (χ0v) is 17.2. The molecule has 2 N–H and O–H groups in total. The molecule has 1 saturated heterocycles. The molecular formula is C21H30N2O5. The van der Waals surface area contributed by atoms with Gasteiger partial charge in [0.25, 0.3) is 5.91 Å². The predicted octanol–water partition coefficient (Wildman–Crippen LogP) is 2.41. The van der Waals surface area contributed by atoms with Crippen LogP contribution in [0.1, 0.15) is 44.5 Å². The summed E-state index contributed by atoms with van der Waals surface area (Å²) in [6.07, 6.45) is 0.420. The first-order chi connectivity index (χ1) is 13.1. The summed E-state index contributed by atoms with van der Waals surface area (Å²) in [6.45, 7) is 8.01. The Bertz CT molecular complexity index is 729. The van der Waals surface area contributed by atoms with Gasteiger partial charge in [-0.15, -0.1) is 0 Å². The maximum atomic E-state index is 13.1. The molecule has 0 spiro atoms. The average Bonchev–Trinajstić information content (AvgIpc) is 3.12. The number of carboxylic acids is 1. The van der Waals surface area contributed by atoms with E-state index in [9.17, 15) is 19.5 Å². The van der Waals surface area contributed by atoms with Gasteiger partial charge in [-0.1, -0.05) is 27.7 Å². The Morgan fingerprint density at radius 2 is 1.75 bits per heavy atom. The Morgan fingerprint density at radius 3 is 2.18 bits per heavy atom. The second kappa shape index (κ2) is 8.63. The number of carboxylic acid groups (broad SMARTS) is 1. The van der Waals surface area contributed by atoms with Crippen molar-refractivity contribution in [2.24, 2.45) is 17.3 Å². The summed E-state index contributed by atoms with van der Waals surface area (Å²) in [5.41, 5.74) is -0.500. The maximum Gasteiger partial charge on any atom is 0.311 e. The molecule has 1 fully saturated rings. The van der Waals surface area contributed by atoms with Crippen molar-refractivity contribution in [2.75, 3.05) is 20.2 Å². The minimum absolute atomic E-state index is 0.0887. The number of likely N-dealkylation sites (tertiary alicyclic amines) is 1. The Hall–Kier alpha value is -2.57. The first-order valence-corrected chi connectivity index (χ1v) is 9.59. The van der Waals surface area contributed by atoms with Gasteiger partial charge in [-0.3, -0.25) is 14.4 Å². The van der Waals surface area contributed by atoms with Crippen LogP contribution >= 0.6 is 0 Å². The van der Waals surface area contributed by atoms with E-state index in [1.165, 1.54) is 0 Å². The molecule has 7 nitrogen and oxygen atoms in total. The number of aliphatic carboxylic acids is 1. The van der Waals surface area contributed by atoms with Crippen LogP contribution in [0.25, 0.3) is 0 Å². The fourth-order valence-electron chi connectivity index (χ4n) is 3.59. The van der Waals surface area contributed by atoms with Crippen LogP contribution < -0.4 is 10.1 Å². The van der Waals surface area contributed by atoms with Crippen LogP contribution in [0.2, 0.25) is 0 Å². The molecule has 1 aromatic rings. The summed E-state index contributed by atoms with van der Waals surface area (Å²) in [6, 6.07) is 5.93. The number of methoxy groups -OCH3 is 1. The van der Waals surface area contributed by atoms with Crippen LogP contribution in [0.4, 0.5) is 0 Å². The van der Waals surface area contributed by atoms with Crippen molar-refractivity contribution >= 4 is 17.8 Å². The number of carbonyl (C=O) groups is 3. The van der Waals surface area contributed by atoms with E-state index in [1.54, 1.807) is 36.3 Å². The normalized spacial score (nSPS) is 20.3. The molecule has 7 heteroatoms. The fraction of sp³-hybridized carbons (Fsp3) is 0.571. The molecule has 0 aromatic heterocycles. The number of hydrogen-bond donors (Lipinski definition) is 2. The molecular weight excluding hydrogens is 360 g/mol. The van der Waals surface area contributed by atoms with Gasteiger partial charge in [-0.05, 0) is 42.5 Å². The van der Waals surface area contributed by atoms with Crippen molar-refractivity contribution in [1.29, 1.82) is 0 Å². The van der Waals surface area contributed by atoms with Crippen LogP contribution in [0, 0.1) is 17.3 Å².